The lowest BCUT2D eigenvalue weighted by Crippen LogP contribution is -2.29. The number of hydrogen-bond acceptors (Lipinski definition) is 6. The van der Waals surface area contributed by atoms with Crippen LogP contribution in [0, 0.1) is 0 Å². The van der Waals surface area contributed by atoms with Crippen LogP contribution in [0.3, 0.4) is 0 Å². The van der Waals surface area contributed by atoms with E-state index in [1.165, 1.54) is 7.11 Å². The highest BCUT2D eigenvalue weighted by atomic mass is 16.5. The van der Waals surface area contributed by atoms with Crippen molar-refractivity contribution in [1.29, 1.82) is 0 Å². The zero-order chi connectivity index (χ0) is 20.1. The Bertz CT molecular complexity index is 871. The number of aliphatic carboxylic acids is 1. The van der Waals surface area contributed by atoms with Crippen LogP contribution in [-0.2, 0) is 9.53 Å². The van der Waals surface area contributed by atoms with Crippen molar-refractivity contribution in [1.82, 2.24) is 4.98 Å². The van der Waals surface area contributed by atoms with Gasteiger partial charge < -0.3 is 20.9 Å². The van der Waals surface area contributed by atoms with Crippen LogP contribution in [0.4, 0.5) is 16.2 Å². The Kier molecular flexibility index (Phi) is 6.10. The number of nitrogens with zero attached hydrogens (tertiary/aromatic N) is 1. The molecule has 2 aromatic rings. The normalized spacial score (nSPS) is 19.2. The average molecular weight is 384 g/mol. The highest BCUT2D eigenvalue weighted by molar-refractivity contribution is 5.89. The van der Waals surface area contributed by atoms with E-state index in [1.807, 2.05) is 18.2 Å². The summed E-state index contributed by atoms with van der Waals surface area (Å²) in [5.74, 6) is -0.922. The number of nitrogens with two attached hydrogens (primary N) is 1. The van der Waals surface area contributed by atoms with Crippen molar-refractivity contribution < 1.29 is 19.4 Å². The molecule has 0 saturated carbocycles. The Morgan fingerprint density at radius 2 is 2.04 bits per heavy atom. The minimum atomic E-state index is -0.922. The van der Waals surface area contributed by atoms with Crippen LogP contribution >= 0.6 is 0 Å². The van der Waals surface area contributed by atoms with Crippen LogP contribution in [0.1, 0.15) is 37.4 Å². The summed E-state index contributed by atoms with van der Waals surface area (Å²) in [4.78, 5) is 27.7. The lowest BCUT2D eigenvalue weighted by Gasteiger charge is -2.21. The predicted molar refractivity (Wildman–Crippen MR) is 106 cm³/mol. The lowest BCUT2D eigenvalue weighted by molar-refractivity contribution is -0.138. The molecule has 3 rings (SSSR count). The van der Waals surface area contributed by atoms with Crippen LogP contribution < -0.4 is 16.4 Å². The van der Waals surface area contributed by atoms with Crippen LogP contribution in [0.5, 0.6) is 0 Å². The topological polar surface area (TPSA) is 127 Å². The van der Waals surface area contributed by atoms with Gasteiger partial charge in [0.2, 0.25) is 0 Å². The molecule has 2 bridgehead atoms. The van der Waals surface area contributed by atoms with Crippen molar-refractivity contribution in [3.8, 4) is 11.1 Å². The minimum Gasteiger partial charge on any atom is -0.480 e. The van der Waals surface area contributed by atoms with E-state index in [1.54, 1.807) is 18.3 Å². The largest absolute Gasteiger partial charge is 0.480 e. The summed E-state index contributed by atoms with van der Waals surface area (Å²) in [5.41, 5.74) is 9.85. The van der Waals surface area contributed by atoms with E-state index in [2.05, 4.69) is 20.4 Å². The molecule has 1 aromatic carbocycles. The van der Waals surface area contributed by atoms with Gasteiger partial charge in [-0.2, -0.15) is 0 Å². The maximum atomic E-state index is 11.7. The Morgan fingerprint density at radius 3 is 2.79 bits per heavy atom. The SMILES string of the molecule is COC(=O)Nc1ccc2c(c1)NC(C(=O)O)CCCCC(N)c1cc-2ccn1. The van der Waals surface area contributed by atoms with E-state index in [4.69, 9.17) is 5.73 Å². The molecule has 5 N–H and O–H groups in total. The molecule has 1 aliphatic heterocycles. The summed E-state index contributed by atoms with van der Waals surface area (Å²) in [5, 5.41) is 15.4. The first-order chi connectivity index (χ1) is 13.5. The maximum absolute atomic E-state index is 11.7. The number of fused-ring (bicyclic) bond motifs is 4. The molecular weight excluding hydrogens is 360 g/mol. The van der Waals surface area contributed by atoms with E-state index in [-0.39, 0.29) is 6.04 Å². The van der Waals surface area contributed by atoms with E-state index >= 15 is 0 Å². The average Bonchev–Trinajstić information content (AvgIpc) is 2.69. The summed E-state index contributed by atoms with van der Waals surface area (Å²) in [6, 6.07) is 8.10. The number of aromatic nitrogens is 1. The standard InChI is InChI=1S/C20H24N4O4/c1-28-20(27)23-13-6-7-14-12-8-9-22-18(10-12)15(21)4-2-3-5-16(19(25)26)24-17(14)11-13/h6-11,15-16,24H,2-5,21H2,1H3,(H,23,27)(H,25,26). The molecule has 1 aromatic heterocycles. The fraction of sp³-hybridized carbons (Fsp3) is 0.350. The number of rotatable bonds is 2. The summed E-state index contributed by atoms with van der Waals surface area (Å²) < 4.78 is 4.63. The highest BCUT2D eigenvalue weighted by Gasteiger charge is 2.21. The van der Waals surface area contributed by atoms with E-state index in [0.29, 0.717) is 17.8 Å². The first-order valence-corrected chi connectivity index (χ1v) is 9.18. The number of carbonyl (C=O) groups is 2. The second-order valence-corrected chi connectivity index (χ2v) is 6.77. The predicted octanol–water partition coefficient (Wildman–Crippen LogP) is 3.37. The molecule has 0 radical (unpaired) electrons. The van der Waals surface area contributed by atoms with Gasteiger partial charge in [0.1, 0.15) is 6.04 Å². The molecule has 148 valence electrons. The number of methoxy groups -OCH3 is 1. The molecule has 1 aliphatic rings. The number of benzene rings is 1. The van der Waals surface area contributed by atoms with Gasteiger partial charge in [0.05, 0.1) is 12.8 Å². The lowest BCUT2D eigenvalue weighted by atomic mass is 9.97. The third-order valence-corrected chi connectivity index (χ3v) is 4.81. The first kappa shape index (κ1) is 19.6. The highest BCUT2D eigenvalue weighted by Crippen LogP contribution is 2.33. The molecule has 8 nitrogen and oxygen atoms in total. The smallest absolute Gasteiger partial charge is 0.411 e. The summed E-state index contributed by atoms with van der Waals surface area (Å²) in [7, 11) is 1.28. The molecule has 28 heavy (non-hydrogen) atoms. The van der Waals surface area contributed by atoms with Gasteiger partial charge in [0.25, 0.3) is 0 Å². The van der Waals surface area contributed by atoms with Gasteiger partial charge in [-0.05, 0) is 42.7 Å². The van der Waals surface area contributed by atoms with E-state index in [9.17, 15) is 14.7 Å². The zero-order valence-corrected chi connectivity index (χ0v) is 15.6. The van der Waals surface area contributed by atoms with Gasteiger partial charge in [0, 0.05) is 29.2 Å². The first-order valence-electron chi connectivity index (χ1n) is 9.18. The third-order valence-electron chi connectivity index (χ3n) is 4.81. The Morgan fingerprint density at radius 1 is 1.25 bits per heavy atom. The molecule has 0 spiro atoms. The minimum absolute atomic E-state index is 0.195. The number of pyridine rings is 1. The van der Waals surface area contributed by atoms with Gasteiger partial charge in [-0.25, -0.2) is 9.59 Å². The fourth-order valence-electron chi connectivity index (χ4n) is 3.29. The summed E-state index contributed by atoms with van der Waals surface area (Å²) in [6.07, 6.45) is 3.87. The molecule has 0 saturated heterocycles. The molecule has 0 fully saturated rings. The van der Waals surface area contributed by atoms with Gasteiger partial charge in [0.15, 0.2) is 0 Å². The number of hydrogen-bond donors (Lipinski definition) is 4. The van der Waals surface area contributed by atoms with Crippen LogP contribution in [0.15, 0.2) is 36.5 Å². The maximum Gasteiger partial charge on any atom is 0.411 e. The van der Waals surface area contributed by atoms with Crippen LogP contribution in [0.25, 0.3) is 11.1 Å². The van der Waals surface area contributed by atoms with Gasteiger partial charge in [-0.15, -0.1) is 0 Å². The quantitative estimate of drug-likeness (QED) is 0.625. The molecule has 1 amide bonds. The molecular formula is C20H24N4O4. The van der Waals surface area contributed by atoms with Crippen molar-refractivity contribution in [2.45, 2.75) is 37.8 Å². The molecule has 8 heteroatoms. The number of ether oxygens (including phenoxy) is 1. The second-order valence-electron chi connectivity index (χ2n) is 6.77. The monoisotopic (exact) mass is 384 g/mol. The Labute approximate surface area is 163 Å². The van der Waals surface area contributed by atoms with Gasteiger partial charge in [-0.1, -0.05) is 18.9 Å². The Hall–Kier alpha value is -3.13. The summed E-state index contributed by atoms with van der Waals surface area (Å²) >= 11 is 0. The van der Waals surface area contributed by atoms with E-state index < -0.39 is 18.1 Å². The number of carbonyl (C=O) groups excluding carboxylic acids is 1. The van der Waals surface area contributed by atoms with Crippen LogP contribution in [0.2, 0.25) is 0 Å². The number of anilines is 2. The third kappa shape index (κ3) is 4.58. The van der Waals surface area contributed by atoms with Crippen molar-refractivity contribution in [2.75, 3.05) is 17.7 Å². The van der Waals surface area contributed by atoms with Crippen LogP contribution in [-0.4, -0.2) is 35.3 Å². The van der Waals surface area contributed by atoms with Crippen molar-refractivity contribution in [3.63, 3.8) is 0 Å². The number of amides is 1. The molecule has 2 atom stereocenters. The number of nitrogens with one attached hydrogen (secondary N) is 2. The zero-order valence-electron chi connectivity index (χ0n) is 15.6. The summed E-state index contributed by atoms with van der Waals surface area (Å²) in [6.45, 7) is 0. The number of carboxylic acids is 1. The molecule has 2 heterocycles. The molecule has 0 aliphatic carbocycles. The van der Waals surface area contributed by atoms with Crippen molar-refractivity contribution in [2.24, 2.45) is 5.73 Å². The van der Waals surface area contributed by atoms with E-state index in [0.717, 1.165) is 36.1 Å². The van der Waals surface area contributed by atoms with Crippen molar-refractivity contribution in [3.05, 3.63) is 42.2 Å². The van der Waals surface area contributed by atoms with Gasteiger partial charge >= 0.3 is 12.1 Å². The molecule has 2 unspecified atom stereocenters. The van der Waals surface area contributed by atoms with Gasteiger partial charge in [-0.3, -0.25) is 10.3 Å². The number of carboxylic acid groups (broad SMARTS) is 1. The van der Waals surface area contributed by atoms with Crippen molar-refractivity contribution >= 4 is 23.4 Å². The second kappa shape index (κ2) is 8.71. The Balaban J connectivity index is 2.08. The fourth-order valence-corrected chi connectivity index (χ4v) is 3.29.